The van der Waals surface area contributed by atoms with Gasteiger partial charge in [-0.1, -0.05) is 31.2 Å². The van der Waals surface area contributed by atoms with Gasteiger partial charge in [0, 0.05) is 55.2 Å². The van der Waals surface area contributed by atoms with Crippen LogP contribution in [0.3, 0.4) is 0 Å². The molecule has 3 aromatic carbocycles. The van der Waals surface area contributed by atoms with Crippen LogP contribution in [0.15, 0.2) is 66.7 Å². The van der Waals surface area contributed by atoms with Crippen molar-refractivity contribution in [1.29, 1.82) is 0 Å². The summed E-state index contributed by atoms with van der Waals surface area (Å²) >= 11 is 0. The minimum absolute atomic E-state index is 0.0439. The highest BCUT2D eigenvalue weighted by atomic mass is 32.2. The predicted molar refractivity (Wildman–Crippen MR) is 174 cm³/mol. The number of rotatable bonds is 10. The molecule has 4 rings (SSSR count). The van der Waals surface area contributed by atoms with Crippen molar-refractivity contribution in [3.63, 3.8) is 0 Å². The molecule has 0 unspecified atom stereocenters. The maximum absolute atomic E-state index is 13.1. The number of nitrogens with zero attached hydrogens (tertiary/aromatic N) is 2. The third-order valence-electron chi connectivity index (χ3n) is 7.11. The number of ether oxygens (including phenoxy) is 2. The average molecular weight is 677 g/mol. The molecule has 0 bridgehead atoms. The summed E-state index contributed by atoms with van der Waals surface area (Å²) in [6.07, 6.45) is -5.13. The molecule has 2 N–H and O–H groups in total. The summed E-state index contributed by atoms with van der Waals surface area (Å²) in [7, 11) is -3.20. The van der Waals surface area contributed by atoms with Gasteiger partial charge in [-0.2, -0.15) is 4.31 Å². The lowest BCUT2D eigenvalue weighted by Gasteiger charge is -2.34. The third kappa shape index (κ3) is 10.7. The van der Waals surface area contributed by atoms with Crippen LogP contribution in [0, 0.1) is 0 Å². The lowest BCUT2D eigenvalue weighted by molar-refractivity contribution is -0.274. The van der Waals surface area contributed by atoms with E-state index < -0.39 is 39.7 Å². The summed E-state index contributed by atoms with van der Waals surface area (Å²) in [4.78, 5) is 27.4. The summed E-state index contributed by atoms with van der Waals surface area (Å²) in [6, 6.07) is 16.9. The van der Waals surface area contributed by atoms with Crippen LogP contribution in [0.5, 0.6) is 5.75 Å². The van der Waals surface area contributed by atoms with E-state index in [4.69, 9.17) is 4.74 Å². The molecule has 0 aliphatic carbocycles. The van der Waals surface area contributed by atoms with E-state index in [1.807, 2.05) is 19.1 Å². The zero-order valence-corrected chi connectivity index (χ0v) is 27.5. The summed E-state index contributed by atoms with van der Waals surface area (Å²) in [6.45, 7) is 9.72. The van der Waals surface area contributed by atoms with Gasteiger partial charge in [0.25, 0.3) is 5.91 Å². The van der Waals surface area contributed by atoms with Gasteiger partial charge in [-0.05, 0) is 80.8 Å². The highest BCUT2D eigenvalue weighted by molar-refractivity contribution is 7.89. The van der Waals surface area contributed by atoms with Crippen molar-refractivity contribution in [2.45, 2.75) is 52.6 Å². The van der Waals surface area contributed by atoms with E-state index in [2.05, 4.69) is 20.3 Å². The number of amides is 2. The molecule has 0 aromatic heterocycles. The zero-order valence-electron chi connectivity index (χ0n) is 26.7. The van der Waals surface area contributed by atoms with Crippen LogP contribution in [0.1, 0.15) is 50.0 Å². The number of carbonyl (C=O) groups is 2. The van der Waals surface area contributed by atoms with Gasteiger partial charge in [-0.25, -0.2) is 13.2 Å². The van der Waals surface area contributed by atoms with Crippen LogP contribution in [0.4, 0.5) is 29.3 Å². The molecular formula is C33H39F3N4O6S. The molecule has 254 valence electrons. The highest BCUT2D eigenvalue weighted by Gasteiger charge is 2.32. The molecule has 1 heterocycles. The Labute approximate surface area is 272 Å². The summed E-state index contributed by atoms with van der Waals surface area (Å²) < 4.78 is 75.0. The molecule has 1 aliphatic rings. The molecule has 0 radical (unpaired) electrons. The van der Waals surface area contributed by atoms with Crippen LogP contribution < -0.4 is 15.4 Å². The van der Waals surface area contributed by atoms with E-state index in [1.54, 1.807) is 37.2 Å². The van der Waals surface area contributed by atoms with Crippen LogP contribution in [-0.2, 0) is 21.3 Å². The van der Waals surface area contributed by atoms with E-state index in [0.717, 1.165) is 11.6 Å². The maximum Gasteiger partial charge on any atom is 0.573 e. The first-order valence-corrected chi connectivity index (χ1v) is 16.7. The molecule has 3 aromatic rings. The molecular weight excluding hydrogens is 637 g/mol. The number of hydrogen-bond acceptors (Lipinski definition) is 7. The molecule has 2 amide bonds. The molecule has 0 spiro atoms. The van der Waals surface area contributed by atoms with Gasteiger partial charge in [0.05, 0.1) is 5.75 Å². The molecule has 1 aliphatic heterocycles. The number of piperazine rings is 1. The molecule has 47 heavy (non-hydrogen) atoms. The van der Waals surface area contributed by atoms with Crippen molar-refractivity contribution in [1.82, 2.24) is 9.21 Å². The van der Waals surface area contributed by atoms with Crippen LogP contribution in [0.25, 0.3) is 11.1 Å². The number of hydrogen-bond donors (Lipinski definition) is 2. The third-order valence-corrected chi connectivity index (χ3v) is 9.19. The van der Waals surface area contributed by atoms with E-state index in [9.17, 15) is 31.2 Å². The molecule has 1 fully saturated rings. The second kappa shape index (κ2) is 14.7. The van der Waals surface area contributed by atoms with Crippen molar-refractivity contribution >= 4 is 33.4 Å². The SMILES string of the molecule is CCCS(=O)(=O)N1CCN(Cc2ccc(NC(=O)c3ccc(-c4cc(NC(=O)OC(C)(C)C)ccc4OC(F)(F)F)cc3)cc2)CC1. The quantitative estimate of drug-likeness (QED) is 0.245. The monoisotopic (exact) mass is 676 g/mol. The number of benzene rings is 3. The molecule has 14 heteroatoms. The lowest BCUT2D eigenvalue weighted by Crippen LogP contribution is -2.48. The minimum Gasteiger partial charge on any atom is -0.444 e. The van der Waals surface area contributed by atoms with Gasteiger partial charge in [-0.15, -0.1) is 13.2 Å². The maximum atomic E-state index is 13.1. The predicted octanol–water partition coefficient (Wildman–Crippen LogP) is 6.71. The number of alkyl halides is 3. The van der Waals surface area contributed by atoms with Gasteiger partial charge >= 0.3 is 12.5 Å². The first kappa shape index (κ1) is 35.7. The van der Waals surface area contributed by atoms with E-state index in [1.165, 1.54) is 36.4 Å². The normalized spacial score (nSPS) is 14.8. The van der Waals surface area contributed by atoms with Gasteiger partial charge in [0.15, 0.2) is 0 Å². The highest BCUT2D eigenvalue weighted by Crippen LogP contribution is 2.36. The fourth-order valence-electron chi connectivity index (χ4n) is 4.98. The zero-order chi connectivity index (χ0) is 34.4. The Hall–Kier alpha value is -4.14. The van der Waals surface area contributed by atoms with E-state index >= 15 is 0 Å². The Morgan fingerprint density at radius 2 is 1.47 bits per heavy atom. The Balaban J connectivity index is 1.39. The Morgan fingerprint density at radius 1 is 0.851 bits per heavy atom. The van der Waals surface area contributed by atoms with Gasteiger partial charge in [0.2, 0.25) is 10.0 Å². The Kier molecular flexibility index (Phi) is 11.2. The standard InChI is InChI=1S/C33H39F3N4O6S/c1-5-20-47(43,44)40-18-16-39(17-19-40)22-23-6-12-26(13-7-23)37-30(41)25-10-8-24(9-11-25)28-21-27(38-31(42)46-32(2,3)4)14-15-29(28)45-33(34,35)36/h6-15,21H,5,16-20,22H2,1-4H3,(H,37,41)(H,38,42). The van der Waals surface area contributed by atoms with Crippen molar-refractivity contribution in [3.05, 3.63) is 77.9 Å². The second-order valence-corrected chi connectivity index (χ2v) is 14.2. The first-order chi connectivity index (χ1) is 22.0. The summed E-state index contributed by atoms with van der Waals surface area (Å²) in [5, 5.41) is 5.32. The number of nitrogens with one attached hydrogen (secondary N) is 2. The van der Waals surface area contributed by atoms with Gasteiger partial charge in [-0.3, -0.25) is 15.0 Å². The number of halogens is 3. The molecule has 10 nitrogen and oxygen atoms in total. The van der Waals surface area contributed by atoms with Crippen LogP contribution in [0.2, 0.25) is 0 Å². The van der Waals surface area contributed by atoms with Crippen molar-refractivity contribution in [2.24, 2.45) is 0 Å². The van der Waals surface area contributed by atoms with Crippen molar-refractivity contribution < 1.29 is 40.7 Å². The summed E-state index contributed by atoms with van der Waals surface area (Å²) in [5.74, 6) is -0.737. The van der Waals surface area contributed by atoms with Crippen molar-refractivity contribution in [2.75, 3.05) is 42.6 Å². The molecule has 1 saturated heterocycles. The number of sulfonamides is 1. The Morgan fingerprint density at radius 3 is 2.04 bits per heavy atom. The smallest absolute Gasteiger partial charge is 0.444 e. The first-order valence-electron chi connectivity index (χ1n) is 15.1. The van der Waals surface area contributed by atoms with E-state index in [-0.39, 0.29) is 22.6 Å². The average Bonchev–Trinajstić information content (AvgIpc) is 2.97. The second-order valence-electron chi connectivity index (χ2n) is 12.1. The van der Waals surface area contributed by atoms with Gasteiger partial charge < -0.3 is 14.8 Å². The number of anilines is 2. The minimum atomic E-state index is -4.95. The largest absolute Gasteiger partial charge is 0.573 e. The fraction of sp³-hybridized carbons (Fsp3) is 0.394. The molecule has 0 saturated carbocycles. The topological polar surface area (TPSA) is 117 Å². The fourth-order valence-corrected chi connectivity index (χ4v) is 6.47. The number of carbonyl (C=O) groups excluding carboxylic acids is 2. The van der Waals surface area contributed by atoms with Crippen molar-refractivity contribution in [3.8, 4) is 16.9 Å². The molecule has 0 atom stereocenters. The summed E-state index contributed by atoms with van der Waals surface area (Å²) in [5.41, 5.74) is 1.62. The van der Waals surface area contributed by atoms with Crippen LogP contribution in [-0.4, -0.2) is 73.5 Å². The van der Waals surface area contributed by atoms with E-state index in [0.29, 0.717) is 50.4 Å². The van der Waals surface area contributed by atoms with Gasteiger partial charge in [0.1, 0.15) is 11.4 Å². The van der Waals surface area contributed by atoms with Crippen LogP contribution >= 0.6 is 0 Å². The lowest BCUT2D eigenvalue weighted by atomic mass is 10.0. The Bertz CT molecular complexity index is 1650.